The second-order valence-corrected chi connectivity index (χ2v) is 7.25. The molecule has 0 aromatic carbocycles. The minimum absolute atomic E-state index is 0.0134. The van der Waals surface area contributed by atoms with Crippen molar-refractivity contribution in [2.75, 3.05) is 19.8 Å². The van der Waals surface area contributed by atoms with Crippen LogP contribution in [-0.4, -0.2) is 62.2 Å². The lowest BCUT2D eigenvalue weighted by atomic mass is 10.0. The highest BCUT2D eigenvalue weighted by Crippen LogP contribution is 2.43. The van der Waals surface area contributed by atoms with Crippen LogP contribution in [0.1, 0.15) is 12.1 Å². The summed E-state index contributed by atoms with van der Waals surface area (Å²) in [6, 6.07) is -0.401. The van der Waals surface area contributed by atoms with Gasteiger partial charge in [-0.1, -0.05) is 0 Å². The Morgan fingerprint density at radius 2 is 2.42 bits per heavy atom. The first-order valence-corrected chi connectivity index (χ1v) is 9.10. The van der Waals surface area contributed by atoms with E-state index in [-0.39, 0.29) is 17.7 Å². The number of aromatic amines is 1. The Hall–Kier alpha value is -1.71. The largest absolute Gasteiger partial charge is 0.504 e. The molecular formula is C13H17N5O5P+. The Labute approximate surface area is 137 Å². The summed E-state index contributed by atoms with van der Waals surface area (Å²) in [5.74, 6) is 0.465. The number of fused-ring (bicyclic) bond motifs is 3. The van der Waals surface area contributed by atoms with Crippen LogP contribution in [-0.2, 0) is 13.8 Å². The third kappa shape index (κ3) is 2.22. The van der Waals surface area contributed by atoms with E-state index >= 15 is 0 Å². The smallest absolute Gasteiger partial charge is 0.388 e. The highest BCUT2D eigenvalue weighted by molar-refractivity contribution is 7.38. The van der Waals surface area contributed by atoms with Crippen molar-refractivity contribution >= 4 is 19.2 Å². The average Bonchev–Trinajstić information content (AvgIpc) is 3.15. The van der Waals surface area contributed by atoms with Gasteiger partial charge in [-0.05, 0) is 11.5 Å². The second-order valence-electron chi connectivity index (χ2n) is 6.11. The first-order chi connectivity index (χ1) is 11.4. The van der Waals surface area contributed by atoms with Crippen LogP contribution in [0.15, 0.2) is 11.1 Å². The molecule has 2 fully saturated rings. The van der Waals surface area contributed by atoms with Crippen molar-refractivity contribution in [3.8, 4) is 0 Å². The number of hydrogen-bond acceptors (Lipinski definition) is 8. The zero-order valence-electron chi connectivity index (χ0n) is 13.1. The normalized spacial score (nSPS) is 32.6. The van der Waals surface area contributed by atoms with Gasteiger partial charge in [-0.15, -0.1) is 4.52 Å². The predicted octanol–water partition coefficient (Wildman–Crippen LogP) is -0.583. The number of aliphatic hydroxyl groups excluding tert-OH is 1. The molecule has 0 spiro atoms. The molecule has 10 nitrogen and oxygen atoms in total. The van der Waals surface area contributed by atoms with Crippen LogP contribution in [0, 0.1) is 6.92 Å². The molecule has 2 bridgehead atoms. The summed E-state index contributed by atoms with van der Waals surface area (Å²) >= 11 is 0. The van der Waals surface area contributed by atoms with Crippen LogP contribution in [0.4, 0.5) is 0 Å². The quantitative estimate of drug-likeness (QED) is 0.621. The van der Waals surface area contributed by atoms with Crippen molar-refractivity contribution in [1.29, 1.82) is 0 Å². The number of hydrogen-bond donors (Lipinski definition) is 3. The fourth-order valence-electron chi connectivity index (χ4n) is 3.34. The lowest BCUT2D eigenvalue weighted by Crippen LogP contribution is -2.46. The van der Waals surface area contributed by atoms with E-state index in [0.29, 0.717) is 18.0 Å². The molecule has 24 heavy (non-hydrogen) atoms. The highest BCUT2D eigenvalue weighted by atomic mass is 31.1. The molecule has 1 unspecified atom stereocenters. The first kappa shape index (κ1) is 15.8. The van der Waals surface area contributed by atoms with Crippen molar-refractivity contribution in [1.82, 2.24) is 24.8 Å². The molecule has 2 aromatic rings. The number of ether oxygens (including phenoxy) is 1. The number of nitrogens with zero attached hydrogens (tertiary/aromatic N) is 3. The minimum atomic E-state index is -1.80. The van der Waals surface area contributed by atoms with Crippen molar-refractivity contribution < 1.29 is 18.9 Å². The van der Waals surface area contributed by atoms with Gasteiger partial charge in [0.05, 0.1) is 12.4 Å². The second kappa shape index (κ2) is 5.40. The number of rotatable bonds is 4. The molecule has 0 saturated carbocycles. The minimum Gasteiger partial charge on any atom is -0.388 e. The maximum absolute atomic E-state index is 12.0. The summed E-state index contributed by atoms with van der Waals surface area (Å²) < 4.78 is 24.1. The Morgan fingerprint density at radius 3 is 3.17 bits per heavy atom. The molecule has 5 atom stereocenters. The topological polar surface area (TPSA) is 131 Å². The lowest BCUT2D eigenvalue weighted by Gasteiger charge is -2.30. The number of aliphatic hydroxyl groups is 1. The maximum atomic E-state index is 12.0. The molecule has 0 amide bonds. The van der Waals surface area contributed by atoms with Gasteiger partial charge in [-0.25, -0.2) is 9.97 Å². The Morgan fingerprint density at radius 1 is 1.62 bits per heavy atom. The summed E-state index contributed by atoms with van der Waals surface area (Å²) in [6.45, 7) is 3.53. The third-order valence-electron chi connectivity index (χ3n) is 4.49. The van der Waals surface area contributed by atoms with Gasteiger partial charge >= 0.3 is 8.03 Å². The molecular weight excluding hydrogens is 337 g/mol. The van der Waals surface area contributed by atoms with E-state index in [1.165, 1.54) is 13.0 Å². The van der Waals surface area contributed by atoms with E-state index in [4.69, 9.17) is 9.26 Å². The molecule has 2 aliphatic heterocycles. The number of morpholine rings is 1. The van der Waals surface area contributed by atoms with E-state index in [2.05, 4.69) is 20.3 Å². The molecule has 4 rings (SSSR count). The summed E-state index contributed by atoms with van der Waals surface area (Å²) in [6.07, 6.45) is 0.0461. The summed E-state index contributed by atoms with van der Waals surface area (Å²) in [7, 11) is -1.80. The monoisotopic (exact) mass is 354 g/mol. The fraction of sp³-hybridized carbons (Fsp3) is 0.615. The molecule has 2 aromatic heterocycles. The molecule has 4 heterocycles. The van der Waals surface area contributed by atoms with Crippen LogP contribution < -0.4 is 10.9 Å². The van der Waals surface area contributed by atoms with E-state index in [9.17, 15) is 14.5 Å². The summed E-state index contributed by atoms with van der Waals surface area (Å²) in [4.78, 5) is 23.0. The molecule has 128 valence electrons. The van der Waals surface area contributed by atoms with Gasteiger partial charge in [0, 0.05) is 6.54 Å². The van der Waals surface area contributed by atoms with E-state index in [0.717, 1.165) is 0 Å². The van der Waals surface area contributed by atoms with E-state index in [1.807, 2.05) is 0 Å². The summed E-state index contributed by atoms with van der Waals surface area (Å²) in [5.41, 5.74) is -0.707. The van der Waals surface area contributed by atoms with Gasteiger partial charge < -0.3 is 20.1 Å². The van der Waals surface area contributed by atoms with Gasteiger partial charge in [0.25, 0.3) is 5.56 Å². The van der Waals surface area contributed by atoms with Gasteiger partial charge in [0.2, 0.25) is 0 Å². The predicted molar refractivity (Wildman–Crippen MR) is 83.0 cm³/mol. The molecule has 0 aliphatic carbocycles. The standard InChI is InChI=1S/C13H16N5O5P/c1-6-16-10-8(11(20)17-6)15-5-18(10)12-7-9(19)13(23-12,3-14-7)4-22-24(2)21/h5,7,9,12,14,19H,3-4H2,1-2H3/p+1/t7-,9+,12-,13-/m1/s1. The van der Waals surface area contributed by atoms with Crippen molar-refractivity contribution in [3.63, 3.8) is 0 Å². The number of imidazole rings is 1. The highest BCUT2D eigenvalue weighted by Gasteiger charge is 2.61. The molecule has 11 heteroatoms. The number of nitrogens with one attached hydrogen (secondary N) is 2. The van der Waals surface area contributed by atoms with Gasteiger partial charge in [-0.3, -0.25) is 9.36 Å². The lowest BCUT2D eigenvalue weighted by molar-refractivity contribution is -0.125. The molecule has 2 aliphatic rings. The zero-order chi connectivity index (χ0) is 17.1. The SMILES string of the molecule is Cc1nc2c(ncn2[C@@H]2O[C@@]3(CO[P+](C)=O)CN[C@@H]2[C@@H]3O)c(=O)[nH]1. The van der Waals surface area contributed by atoms with Crippen LogP contribution in [0.25, 0.3) is 11.2 Å². The Balaban J connectivity index is 1.72. The summed E-state index contributed by atoms with van der Waals surface area (Å²) in [5, 5.41) is 13.7. The van der Waals surface area contributed by atoms with Gasteiger partial charge in [0.15, 0.2) is 24.1 Å². The van der Waals surface area contributed by atoms with Gasteiger partial charge in [-0.2, -0.15) is 0 Å². The zero-order valence-corrected chi connectivity index (χ0v) is 14.0. The van der Waals surface area contributed by atoms with Crippen LogP contribution in [0.3, 0.4) is 0 Å². The first-order valence-electron chi connectivity index (χ1n) is 7.48. The fourth-order valence-corrected chi connectivity index (χ4v) is 3.74. The van der Waals surface area contributed by atoms with E-state index in [1.54, 1.807) is 11.5 Å². The van der Waals surface area contributed by atoms with E-state index < -0.39 is 32.0 Å². The van der Waals surface area contributed by atoms with Crippen molar-refractivity contribution in [2.24, 2.45) is 0 Å². The number of H-pyrrole nitrogens is 1. The van der Waals surface area contributed by atoms with Gasteiger partial charge in [0.1, 0.15) is 24.1 Å². The van der Waals surface area contributed by atoms with Crippen molar-refractivity contribution in [2.45, 2.75) is 30.9 Å². The van der Waals surface area contributed by atoms with Crippen LogP contribution in [0.5, 0.6) is 0 Å². The molecule has 3 N–H and O–H groups in total. The third-order valence-corrected chi connectivity index (χ3v) is 4.99. The average molecular weight is 354 g/mol. The van der Waals surface area contributed by atoms with Crippen LogP contribution >= 0.6 is 8.03 Å². The Bertz CT molecular complexity index is 881. The molecule has 2 saturated heterocycles. The number of aryl methyl sites for hydroxylation is 1. The Kier molecular flexibility index (Phi) is 3.55. The maximum Gasteiger partial charge on any atom is 0.504 e. The van der Waals surface area contributed by atoms with Crippen molar-refractivity contribution in [3.05, 3.63) is 22.5 Å². The molecule has 0 radical (unpaired) electrons. The van der Waals surface area contributed by atoms with Crippen LogP contribution in [0.2, 0.25) is 0 Å². The number of aromatic nitrogens is 4.